The first-order valence-electron chi connectivity index (χ1n) is 7.37. The summed E-state index contributed by atoms with van der Waals surface area (Å²) in [7, 11) is 0. The van der Waals surface area contributed by atoms with Gasteiger partial charge in [-0.2, -0.15) is 5.10 Å². The molecule has 7 nitrogen and oxygen atoms in total. The molecule has 0 radical (unpaired) electrons. The van der Waals surface area contributed by atoms with E-state index in [9.17, 15) is 23.5 Å². The highest BCUT2D eigenvalue weighted by Crippen LogP contribution is 2.32. The third kappa shape index (κ3) is 2.84. The van der Waals surface area contributed by atoms with Gasteiger partial charge in [-0.1, -0.05) is 0 Å². The fourth-order valence-electron chi connectivity index (χ4n) is 2.90. The average molecular weight is 336 g/mol. The summed E-state index contributed by atoms with van der Waals surface area (Å²) in [5.74, 6) is -3.79. The second kappa shape index (κ2) is 6.34. The normalized spacial score (nSPS) is 17.8. The number of nitrogens with one attached hydrogen (secondary N) is 1. The molecular weight excluding hydrogens is 322 g/mol. The lowest BCUT2D eigenvalue weighted by Gasteiger charge is -2.35. The lowest BCUT2D eigenvalue weighted by molar-refractivity contribution is 0.0579. The number of carbonyl (C=O) groups is 2. The minimum absolute atomic E-state index is 0.0350. The molecule has 0 aromatic carbocycles. The monoisotopic (exact) mass is 336 g/mol. The molecule has 2 aromatic rings. The summed E-state index contributed by atoms with van der Waals surface area (Å²) in [5, 5.41) is 15.6. The van der Waals surface area contributed by atoms with E-state index in [1.54, 1.807) is 0 Å². The first-order valence-corrected chi connectivity index (χ1v) is 7.37. The molecule has 0 spiro atoms. The zero-order valence-electron chi connectivity index (χ0n) is 12.5. The van der Waals surface area contributed by atoms with Crippen molar-refractivity contribution in [2.24, 2.45) is 0 Å². The summed E-state index contributed by atoms with van der Waals surface area (Å²) in [4.78, 5) is 28.8. The maximum Gasteiger partial charge on any atom is 0.339 e. The van der Waals surface area contributed by atoms with Gasteiger partial charge >= 0.3 is 5.97 Å². The van der Waals surface area contributed by atoms with Crippen LogP contribution >= 0.6 is 0 Å². The van der Waals surface area contributed by atoms with Crippen molar-refractivity contribution in [2.75, 3.05) is 6.54 Å². The van der Waals surface area contributed by atoms with Crippen LogP contribution in [-0.4, -0.2) is 43.6 Å². The molecule has 1 unspecified atom stereocenters. The Balaban J connectivity index is 1.96. The van der Waals surface area contributed by atoms with E-state index in [1.807, 2.05) is 0 Å². The summed E-state index contributed by atoms with van der Waals surface area (Å²) >= 11 is 0. The molecule has 1 aliphatic heterocycles. The summed E-state index contributed by atoms with van der Waals surface area (Å²) < 4.78 is 26.9. The van der Waals surface area contributed by atoms with Gasteiger partial charge in [0.15, 0.2) is 11.5 Å². The molecule has 24 heavy (non-hydrogen) atoms. The third-order valence-corrected chi connectivity index (χ3v) is 4.01. The van der Waals surface area contributed by atoms with E-state index in [4.69, 9.17) is 0 Å². The van der Waals surface area contributed by atoms with Crippen LogP contribution in [0.5, 0.6) is 0 Å². The Morgan fingerprint density at radius 2 is 2.08 bits per heavy atom. The predicted octanol–water partition coefficient (Wildman–Crippen LogP) is 2.15. The minimum atomic E-state index is -1.16. The smallest absolute Gasteiger partial charge is 0.339 e. The Labute approximate surface area is 135 Å². The van der Waals surface area contributed by atoms with Crippen LogP contribution in [0.1, 0.15) is 51.8 Å². The number of rotatable bonds is 3. The molecule has 3 rings (SSSR count). The number of carboxylic acids is 1. The van der Waals surface area contributed by atoms with Gasteiger partial charge in [-0.15, -0.1) is 0 Å². The van der Waals surface area contributed by atoms with E-state index in [0.717, 1.165) is 12.6 Å². The number of H-pyrrole nitrogens is 1. The number of piperidine rings is 1. The van der Waals surface area contributed by atoms with Crippen molar-refractivity contribution in [3.8, 4) is 0 Å². The van der Waals surface area contributed by atoms with Gasteiger partial charge in [0.25, 0.3) is 5.91 Å². The van der Waals surface area contributed by atoms with E-state index < -0.39 is 35.2 Å². The van der Waals surface area contributed by atoms with Crippen molar-refractivity contribution >= 4 is 11.9 Å². The van der Waals surface area contributed by atoms with Gasteiger partial charge in [0.2, 0.25) is 0 Å². The van der Waals surface area contributed by atoms with Crippen LogP contribution in [0, 0.1) is 11.6 Å². The van der Waals surface area contributed by atoms with Gasteiger partial charge in [-0.05, 0) is 19.3 Å². The van der Waals surface area contributed by atoms with E-state index in [0.29, 0.717) is 25.5 Å². The van der Waals surface area contributed by atoms with Crippen molar-refractivity contribution in [2.45, 2.75) is 25.3 Å². The Morgan fingerprint density at radius 1 is 1.29 bits per heavy atom. The van der Waals surface area contributed by atoms with Crippen molar-refractivity contribution in [3.05, 3.63) is 47.0 Å². The van der Waals surface area contributed by atoms with Crippen LogP contribution in [0.4, 0.5) is 8.78 Å². The van der Waals surface area contributed by atoms with Gasteiger partial charge < -0.3 is 10.0 Å². The van der Waals surface area contributed by atoms with Crippen LogP contribution in [0.3, 0.4) is 0 Å². The number of hydrogen-bond donors (Lipinski definition) is 2. The maximum absolute atomic E-state index is 13.9. The molecule has 2 N–H and O–H groups in total. The van der Waals surface area contributed by atoms with Crippen molar-refractivity contribution < 1.29 is 23.5 Å². The molecule has 1 aliphatic rings. The lowest BCUT2D eigenvalue weighted by atomic mass is 9.96. The van der Waals surface area contributed by atoms with Gasteiger partial charge in [0.1, 0.15) is 11.4 Å². The molecule has 0 saturated carbocycles. The van der Waals surface area contributed by atoms with Crippen LogP contribution in [0.15, 0.2) is 18.5 Å². The van der Waals surface area contributed by atoms with Crippen LogP contribution < -0.4 is 0 Å². The van der Waals surface area contributed by atoms with Crippen molar-refractivity contribution in [3.63, 3.8) is 0 Å². The average Bonchev–Trinajstić information content (AvgIpc) is 3.04. The van der Waals surface area contributed by atoms with Gasteiger partial charge in [0, 0.05) is 12.6 Å². The summed E-state index contributed by atoms with van der Waals surface area (Å²) in [5.41, 5.74) is -0.231. The van der Waals surface area contributed by atoms with E-state index >= 15 is 0 Å². The Hall–Kier alpha value is -2.84. The highest BCUT2D eigenvalue weighted by Gasteiger charge is 2.34. The number of halogens is 2. The van der Waals surface area contributed by atoms with Crippen LogP contribution in [0.2, 0.25) is 0 Å². The molecule has 126 valence electrons. The van der Waals surface area contributed by atoms with Gasteiger partial charge in [-0.25, -0.2) is 18.6 Å². The fraction of sp³-hybridized carbons (Fsp3) is 0.333. The Morgan fingerprint density at radius 3 is 2.79 bits per heavy atom. The van der Waals surface area contributed by atoms with Crippen LogP contribution in [-0.2, 0) is 0 Å². The largest absolute Gasteiger partial charge is 0.478 e. The maximum atomic E-state index is 13.9. The summed E-state index contributed by atoms with van der Waals surface area (Å²) in [6, 6.07) is 0.0176. The van der Waals surface area contributed by atoms with E-state index in [-0.39, 0.29) is 11.3 Å². The minimum Gasteiger partial charge on any atom is -0.478 e. The zero-order chi connectivity index (χ0) is 17.3. The number of pyridine rings is 1. The second-order valence-corrected chi connectivity index (χ2v) is 5.50. The number of aromatic carboxylic acids is 1. The van der Waals surface area contributed by atoms with E-state index in [2.05, 4.69) is 15.2 Å². The predicted molar refractivity (Wildman–Crippen MR) is 77.3 cm³/mol. The van der Waals surface area contributed by atoms with Crippen molar-refractivity contribution in [1.29, 1.82) is 0 Å². The lowest BCUT2D eigenvalue weighted by Crippen LogP contribution is -2.40. The number of likely N-dealkylation sites (tertiary alicyclic amines) is 1. The Bertz CT molecular complexity index is 793. The molecule has 2 aromatic heterocycles. The Kier molecular flexibility index (Phi) is 4.24. The SMILES string of the molecule is O=C(O)c1cn[nH]c1C1CCCCN1C(=O)c1ncc(F)cc1F. The van der Waals surface area contributed by atoms with Crippen molar-refractivity contribution in [1.82, 2.24) is 20.1 Å². The second-order valence-electron chi connectivity index (χ2n) is 5.50. The molecule has 0 bridgehead atoms. The third-order valence-electron chi connectivity index (χ3n) is 4.01. The standard InChI is InChI=1S/C15H14F2N4O3/c16-8-5-10(17)13(18-6-8)14(22)21-4-2-1-3-11(21)12-9(15(23)24)7-19-20-12/h5-7,11H,1-4H2,(H,19,20)(H,23,24). The summed E-state index contributed by atoms with van der Waals surface area (Å²) in [6.07, 6.45) is 3.93. The molecule has 1 saturated heterocycles. The number of amides is 1. The number of nitrogens with zero attached hydrogens (tertiary/aromatic N) is 3. The quantitative estimate of drug-likeness (QED) is 0.895. The number of carbonyl (C=O) groups excluding carboxylic acids is 1. The first kappa shape index (κ1) is 16.0. The fourth-order valence-corrected chi connectivity index (χ4v) is 2.90. The molecule has 1 amide bonds. The zero-order valence-corrected chi connectivity index (χ0v) is 12.5. The van der Waals surface area contributed by atoms with E-state index in [1.165, 1.54) is 11.1 Å². The molecule has 0 aliphatic carbocycles. The molecular formula is C15H14F2N4O3. The highest BCUT2D eigenvalue weighted by molar-refractivity contribution is 5.93. The molecule has 1 atom stereocenters. The van der Waals surface area contributed by atoms with Crippen LogP contribution in [0.25, 0.3) is 0 Å². The van der Waals surface area contributed by atoms with Gasteiger partial charge in [0.05, 0.1) is 24.1 Å². The number of hydrogen-bond acceptors (Lipinski definition) is 4. The summed E-state index contributed by atoms with van der Waals surface area (Å²) in [6.45, 7) is 0.320. The molecule has 3 heterocycles. The number of carboxylic acid groups (broad SMARTS) is 1. The topological polar surface area (TPSA) is 99.2 Å². The number of aromatic nitrogens is 3. The highest BCUT2D eigenvalue weighted by atomic mass is 19.1. The number of aromatic amines is 1. The van der Waals surface area contributed by atoms with Gasteiger partial charge in [-0.3, -0.25) is 9.89 Å². The molecule has 9 heteroatoms. The first-order chi connectivity index (χ1) is 11.5. The molecule has 1 fully saturated rings.